The van der Waals surface area contributed by atoms with Crippen molar-refractivity contribution in [3.8, 4) is 0 Å². The van der Waals surface area contributed by atoms with E-state index < -0.39 is 0 Å². The van der Waals surface area contributed by atoms with Crippen LogP contribution in [0.2, 0.25) is 0 Å². The number of hydrogen-bond acceptors (Lipinski definition) is 4. The number of pyridine rings is 1. The number of piperidine rings is 1. The second-order valence-corrected chi connectivity index (χ2v) is 6.53. The number of fused-ring (bicyclic) bond motifs is 1. The fourth-order valence-corrected chi connectivity index (χ4v) is 3.79. The van der Waals surface area contributed by atoms with E-state index >= 15 is 0 Å². The summed E-state index contributed by atoms with van der Waals surface area (Å²) in [7, 11) is 1.88. The van der Waals surface area contributed by atoms with Crippen LogP contribution in [-0.2, 0) is 18.4 Å². The summed E-state index contributed by atoms with van der Waals surface area (Å²) in [5.74, 6) is 0.824. The zero-order valence-electron chi connectivity index (χ0n) is 13.3. The van der Waals surface area contributed by atoms with E-state index in [0.717, 1.165) is 44.0 Å². The molecule has 0 radical (unpaired) electrons. The second-order valence-electron chi connectivity index (χ2n) is 6.53. The molecule has 1 amide bonds. The Morgan fingerprint density at radius 1 is 1.30 bits per heavy atom. The summed E-state index contributed by atoms with van der Waals surface area (Å²) < 4.78 is 1.75. The van der Waals surface area contributed by atoms with E-state index in [1.165, 1.54) is 0 Å². The molecule has 0 saturated carbocycles. The maximum Gasteiger partial charge on any atom is 0.231 e. The fraction of sp³-hybridized carbons (Fsp3) is 0.471. The molecule has 0 aliphatic carbocycles. The fourth-order valence-electron chi connectivity index (χ4n) is 3.79. The summed E-state index contributed by atoms with van der Waals surface area (Å²) in [5.41, 5.74) is 1.99. The Bertz CT molecular complexity index is 698. The van der Waals surface area contributed by atoms with Crippen LogP contribution >= 0.6 is 0 Å². The number of aryl methyl sites for hydroxylation is 1. The molecule has 2 atom stereocenters. The van der Waals surface area contributed by atoms with Gasteiger partial charge in [-0.15, -0.1) is 0 Å². The number of likely N-dealkylation sites (tertiary alicyclic amines) is 1. The largest absolute Gasteiger partial charge is 0.309 e. The lowest BCUT2D eigenvalue weighted by Gasteiger charge is -2.32. The van der Waals surface area contributed by atoms with Gasteiger partial charge in [-0.25, -0.2) is 0 Å². The van der Waals surface area contributed by atoms with Crippen LogP contribution in [0.4, 0.5) is 5.69 Å². The molecule has 0 unspecified atom stereocenters. The topological polar surface area (TPSA) is 54.3 Å². The van der Waals surface area contributed by atoms with E-state index in [0.29, 0.717) is 5.92 Å². The SMILES string of the molecule is Cn1cc(N2CC[C@H]3CN(Cc4ccccn4)C[C@@H]3C2=O)cn1. The minimum atomic E-state index is 0.104. The molecule has 2 aliphatic rings. The van der Waals surface area contributed by atoms with Gasteiger partial charge in [-0.2, -0.15) is 5.10 Å². The number of rotatable bonds is 3. The van der Waals surface area contributed by atoms with Crippen LogP contribution in [-0.4, -0.2) is 45.2 Å². The highest BCUT2D eigenvalue weighted by Gasteiger charge is 2.43. The molecule has 2 aliphatic heterocycles. The first-order chi connectivity index (χ1) is 11.2. The summed E-state index contributed by atoms with van der Waals surface area (Å²) in [6.07, 6.45) is 6.58. The first-order valence-electron chi connectivity index (χ1n) is 8.13. The Kier molecular flexibility index (Phi) is 3.61. The molecule has 6 heteroatoms. The van der Waals surface area contributed by atoms with Gasteiger partial charge in [0.25, 0.3) is 0 Å². The molecule has 4 rings (SSSR count). The molecule has 4 heterocycles. The van der Waals surface area contributed by atoms with Crippen LogP contribution < -0.4 is 4.90 Å². The lowest BCUT2D eigenvalue weighted by atomic mass is 9.88. The average molecular weight is 311 g/mol. The Morgan fingerprint density at radius 3 is 2.96 bits per heavy atom. The molecule has 23 heavy (non-hydrogen) atoms. The van der Waals surface area contributed by atoms with Gasteiger partial charge in [0.15, 0.2) is 0 Å². The van der Waals surface area contributed by atoms with Crippen molar-refractivity contribution in [3.05, 3.63) is 42.5 Å². The average Bonchev–Trinajstić information content (AvgIpc) is 3.15. The lowest BCUT2D eigenvalue weighted by molar-refractivity contribution is -0.124. The van der Waals surface area contributed by atoms with Crippen LogP contribution in [0, 0.1) is 11.8 Å². The zero-order valence-corrected chi connectivity index (χ0v) is 13.3. The number of aromatic nitrogens is 3. The van der Waals surface area contributed by atoms with Crippen LogP contribution in [0.3, 0.4) is 0 Å². The Balaban J connectivity index is 1.46. The molecule has 6 nitrogen and oxygen atoms in total. The molecule has 0 N–H and O–H groups in total. The van der Waals surface area contributed by atoms with Gasteiger partial charge >= 0.3 is 0 Å². The Hall–Kier alpha value is -2.21. The third-order valence-corrected chi connectivity index (χ3v) is 4.94. The van der Waals surface area contributed by atoms with Gasteiger partial charge in [0.1, 0.15) is 0 Å². The number of amides is 1. The van der Waals surface area contributed by atoms with Crippen molar-refractivity contribution in [2.45, 2.75) is 13.0 Å². The van der Waals surface area contributed by atoms with Crippen molar-refractivity contribution in [2.24, 2.45) is 18.9 Å². The van der Waals surface area contributed by atoms with E-state index in [-0.39, 0.29) is 11.8 Å². The number of carbonyl (C=O) groups excluding carboxylic acids is 1. The van der Waals surface area contributed by atoms with E-state index in [4.69, 9.17) is 0 Å². The molecule has 2 saturated heterocycles. The van der Waals surface area contributed by atoms with Crippen molar-refractivity contribution in [1.29, 1.82) is 0 Å². The van der Waals surface area contributed by atoms with Crippen LogP contribution in [0.25, 0.3) is 0 Å². The third-order valence-electron chi connectivity index (χ3n) is 4.94. The van der Waals surface area contributed by atoms with Crippen molar-refractivity contribution >= 4 is 11.6 Å². The Morgan fingerprint density at radius 2 is 2.22 bits per heavy atom. The highest BCUT2D eigenvalue weighted by atomic mass is 16.2. The Labute approximate surface area is 135 Å². The smallest absolute Gasteiger partial charge is 0.231 e. The summed E-state index contributed by atoms with van der Waals surface area (Å²) in [6, 6.07) is 6.00. The van der Waals surface area contributed by atoms with E-state index in [1.807, 2.05) is 42.5 Å². The van der Waals surface area contributed by atoms with Crippen molar-refractivity contribution in [3.63, 3.8) is 0 Å². The maximum absolute atomic E-state index is 12.9. The normalized spacial score (nSPS) is 24.9. The van der Waals surface area contributed by atoms with Gasteiger partial charge < -0.3 is 4.90 Å². The number of anilines is 1. The van der Waals surface area contributed by atoms with Crippen molar-refractivity contribution in [1.82, 2.24) is 19.7 Å². The van der Waals surface area contributed by atoms with Crippen LogP contribution in [0.5, 0.6) is 0 Å². The highest BCUT2D eigenvalue weighted by Crippen LogP contribution is 2.34. The van der Waals surface area contributed by atoms with Gasteiger partial charge in [0.05, 0.1) is 23.5 Å². The molecule has 120 valence electrons. The molecular weight excluding hydrogens is 290 g/mol. The minimum absolute atomic E-state index is 0.104. The summed E-state index contributed by atoms with van der Waals surface area (Å²) >= 11 is 0. The molecule has 2 fully saturated rings. The van der Waals surface area contributed by atoms with Gasteiger partial charge in [-0.3, -0.25) is 19.4 Å². The first-order valence-corrected chi connectivity index (χ1v) is 8.13. The lowest BCUT2D eigenvalue weighted by Crippen LogP contribution is -2.45. The molecule has 0 bridgehead atoms. The van der Waals surface area contributed by atoms with Gasteiger partial charge in [-0.05, 0) is 24.5 Å². The standard InChI is InChI=1S/C17H21N5O/c1-20-11-15(8-19-20)22-7-5-13-9-21(12-16(13)17(22)23)10-14-4-2-3-6-18-14/h2-4,6,8,11,13,16H,5,7,9-10,12H2,1H3/t13-,16-/m0/s1. The minimum Gasteiger partial charge on any atom is -0.309 e. The van der Waals surface area contributed by atoms with Gasteiger partial charge in [-0.1, -0.05) is 6.07 Å². The van der Waals surface area contributed by atoms with Crippen molar-refractivity contribution < 1.29 is 4.79 Å². The zero-order chi connectivity index (χ0) is 15.8. The second kappa shape index (κ2) is 5.77. The van der Waals surface area contributed by atoms with Crippen molar-refractivity contribution in [2.75, 3.05) is 24.5 Å². The predicted molar refractivity (Wildman–Crippen MR) is 86.7 cm³/mol. The third kappa shape index (κ3) is 2.74. The van der Waals surface area contributed by atoms with Crippen LogP contribution in [0.1, 0.15) is 12.1 Å². The number of carbonyl (C=O) groups is 1. The van der Waals surface area contributed by atoms with E-state index in [1.54, 1.807) is 10.9 Å². The molecular formula is C17H21N5O. The first kappa shape index (κ1) is 14.4. The van der Waals surface area contributed by atoms with E-state index in [9.17, 15) is 4.79 Å². The summed E-state index contributed by atoms with van der Waals surface area (Å²) in [5, 5.41) is 4.19. The van der Waals surface area contributed by atoms with Gasteiger partial charge in [0, 0.05) is 45.6 Å². The highest BCUT2D eigenvalue weighted by molar-refractivity contribution is 5.96. The van der Waals surface area contributed by atoms with E-state index in [2.05, 4.69) is 15.0 Å². The molecule has 0 spiro atoms. The monoisotopic (exact) mass is 311 g/mol. The predicted octanol–water partition coefficient (Wildman–Crippen LogP) is 1.30. The number of hydrogen-bond donors (Lipinski definition) is 0. The molecule has 0 aromatic carbocycles. The summed E-state index contributed by atoms with van der Waals surface area (Å²) in [6.45, 7) is 3.45. The summed E-state index contributed by atoms with van der Waals surface area (Å²) in [4.78, 5) is 21.5. The number of nitrogens with zero attached hydrogens (tertiary/aromatic N) is 5. The quantitative estimate of drug-likeness (QED) is 0.857. The molecule has 2 aromatic rings. The van der Waals surface area contributed by atoms with Crippen LogP contribution in [0.15, 0.2) is 36.8 Å². The maximum atomic E-state index is 12.9. The van der Waals surface area contributed by atoms with Gasteiger partial charge in [0.2, 0.25) is 5.91 Å². The molecule has 2 aromatic heterocycles.